The minimum Gasteiger partial charge on any atom is -0.450 e. The molecule has 13 heavy (non-hydrogen) atoms. The van der Waals surface area contributed by atoms with Crippen molar-refractivity contribution in [1.29, 1.82) is 0 Å². The molecule has 0 unspecified atom stereocenters. The third kappa shape index (κ3) is 7.11. The number of amides is 2. The minimum absolute atomic E-state index is 0.0421. The molecule has 0 saturated heterocycles. The number of rotatable bonds is 5. The topological polar surface area (TPSA) is 67.4 Å². The van der Waals surface area contributed by atoms with Crippen LogP contribution in [0.25, 0.3) is 0 Å². The van der Waals surface area contributed by atoms with Crippen molar-refractivity contribution in [3.8, 4) is 0 Å². The molecule has 0 bridgehead atoms. The number of carbonyl (C=O) groups excluding carboxylic acids is 2. The lowest BCUT2D eigenvalue weighted by molar-refractivity contribution is -0.120. The first-order chi connectivity index (χ1) is 6.20. The molecule has 0 aromatic rings. The summed E-state index contributed by atoms with van der Waals surface area (Å²) in [6.07, 6.45) is 0.506. The number of ether oxygens (including phenoxy) is 1. The van der Waals surface area contributed by atoms with Crippen molar-refractivity contribution in [2.45, 2.75) is 19.8 Å². The van der Waals surface area contributed by atoms with Gasteiger partial charge in [-0.25, -0.2) is 4.79 Å². The average molecular weight is 188 g/mol. The molecule has 0 saturated carbocycles. The Morgan fingerprint density at radius 1 is 1.38 bits per heavy atom. The van der Waals surface area contributed by atoms with Crippen LogP contribution >= 0.6 is 0 Å². The Morgan fingerprint density at radius 2 is 2.08 bits per heavy atom. The number of carbonyl (C=O) groups is 2. The quantitative estimate of drug-likeness (QED) is 0.608. The van der Waals surface area contributed by atoms with Crippen molar-refractivity contribution in [2.24, 2.45) is 0 Å². The Bertz CT molecular complexity index is 171. The number of hydrogen-bond acceptors (Lipinski definition) is 3. The van der Waals surface area contributed by atoms with Crippen LogP contribution in [0.4, 0.5) is 4.79 Å². The summed E-state index contributed by atoms with van der Waals surface area (Å²) in [5, 5.41) is 4.97. The van der Waals surface area contributed by atoms with Crippen LogP contribution in [-0.4, -0.2) is 32.2 Å². The van der Waals surface area contributed by atoms with Crippen LogP contribution in [0.3, 0.4) is 0 Å². The third-order valence-electron chi connectivity index (χ3n) is 1.38. The van der Waals surface area contributed by atoms with Crippen molar-refractivity contribution < 1.29 is 14.3 Å². The van der Waals surface area contributed by atoms with Gasteiger partial charge in [0.05, 0.1) is 6.61 Å². The summed E-state index contributed by atoms with van der Waals surface area (Å²) in [5.41, 5.74) is 0. The molecule has 5 heteroatoms. The normalized spacial score (nSPS) is 9.08. The second kappa shape index (κ2) is 7.39. The van der Waals surface area contributed by atoms with E-state index in [9.17, 15) is 9.59 Å². The van der Waals surface area contributed by atoms with Gasteiger partial charge in [0.1, 0.15) is 0 Å². The molecular weight excluding hydrogens is 172 g/mol. The van der Waals surface area contributed by atoms with Gasteiger partial charge < -0.3 is 15.4 Å². The molecule has 0 spiro atoms. The van der Waals surface area contributed by atoms with Crippen molar-refractivity contribution in [2.75, 3.05) is 20.2 Å². The van der Waals surface area contributed by atoms with Crippen LogP contribution in [-0.2, 0) is 9.53 Å². The molecule has 0 aromatic carbocycles. The molecule has 2 N–H and O–H groups in total. The lowest BCUT2D eigenvalue weighted by Gasteiger charge is -2.04. The van der Waals surface area contributed by atoms with E-state index in [-0.39, 0.29) is 12.5 Å². The fourth-order valence-electron chi connectivity index (χ4n) is 0.718. The van der Waals surface area contributed by atoms with Gasteiger partial charge in [-0.05, 0) is 13.3 Å². The maximum absolute atomic E-state index is 10.7. The second-order valence-electron chi connectivity index (χ2n) is 2.44. The molecule has 2 amide bonds. The van der Waals surface area contributed by atoms with Crippen molar-refractivity contribution in [1.82, 2.24) is 10.6 Å². The van der Waals surface area contributed by atoms with Gasteiger partial charge in [0.15, 0.2) is 0 Å². The zero-order chi connectivity index (χ0) is 10.1. The van der Waals surface area contributed by atoms with Gasteiger partial charge in [-0.1, -0.05) is 0 Å². The average Bonchev–Trinajstić information content (AvgIpc) is 2.12. The smallest absolute Gasteiger partial charge is 0.407 e. The Kier molecular flexibility index (Phi) is 6.68. The van der Waals surface area contributed by atoms with Crippen LogP contribution in [0.2, 0.25) is 0 Å². The fraction of sp³-hybridized carbons (Fsp3) is 0.750. The predicted molar refractivity (Wildman–Crippen MR) is 48.3 cm³/mol. The van der Waals surface area contributed by atoms with Gasteiger partial charge in [0, 0.05) is 20.0 Å². The molecule has 0 fully saturated rings. The molecule has 0 aliphatic rings. The van der Waals surface area contributed by atoms with E-state index in [0.717, 1.165) is 0 Å². The number of nitrogens with one attached hydrogen (secondary N) is 2. The molecule has 0 heterocycles. The largest absolute Gasteiger partial charge is 0.450 e. The van der Waals surface area contributed by atoms with Crippen LogP contribution in [0, 0.1) is 0 Å². The molecule has 5 nitrogen and oxygen atoms in total. The summed E-state index contributed by atoms with van der Waals surface area (Å²) in [6, 6.07) is 0. The summed E-state index contributed by atoms with van der Waals surface area (Å²) in [7, 11) is 1.58. The summed E-state index contributed by atoms with van der Waals surface area (Å²) < 4.78 is 4.75. The molecular formula is C8H16N2O3. The van der Waals surface area contributed by atoms with E-state index in [1.807, 2.05) is 6.92 Å². The van der Waals surface area contributed by atoms with Crippen LogP contribution < -0.4 is 10.6 Å². The summed E-state index contributed by atoms with van der Waals surface area (Å²) in [4.78, 5) is 21.4. The molecule has 0 atom stereocenters. The third-order valence-corrected chi connectivity index (χ3v) is 1.38. The van der Waals surface area contributed by atoms with E-state index in [1.54, 1.807) is 7.05 Å². The fourth-order valence-corrected chi connectivity index (χ4v) is 0.718. The SMILES string of the molecule is CCNC(=O)OCCCC(=O)NC. The lowest BCUT2D eigenvalue weighted by Crippen LogP contribution is -2.24. The van der Waals surface area contributed by atoms with Gasteiger partial charge in [-0.3, -0.25) is 4.79 Å². The maximum Gasteiger partial charge on any atom is 0.407 e. The highest BCUT2D eigenvalue weighted by atomic mass is 16.5. The van der Waals surface area contributed by atoms with E-state index in [4.69, 9.17) is 4.74 Å². The van der Waals surface area contributed by atoms with Gasteiger partial charge in [0.25, 0.3) is 0 Å². The summed E-state index contributed by atoms with van der Waals surface area (Å²) in [6.45, 7) is 2.64. The van der Waals surface area contributed by atoms with Gasteiger partial charge in [0.2, 0.25) is 5.91 Å². The van der Waals surface area contributed by atoms with E-state index in [0.29, 0.717) is 19.4 Å². The molecule has 0 rings (SSSR count). The zero-order valence-corrected chi connectivity index (χ0v) is 8.05. The molecule has 0 radical (unpaired) electrons. The highest BCUT2D eigenvalue weighted by Crippen LogP contribution is 1.90. The predicted octanol–water partition coefficient (Wildman–Crippen LogP) is 0.259. The Balaban J connectivity index is 3.25. The van der Waals surface area contributed by atoms with E-state index in [2.05, 4.69) is 10.6 Å². The van der Waals surface area contributed by atoms with Gasteiger partial charge in [-0.15, -0.1) is 0 Å². The highest BCUT2D eigenvalue weighted by Gasteiger charge is 2.00. The Morgan fingerprint density at radius 3 is 2.62 bits per heavy atom. The van der Waals surface area contributed by atoms with E-state index < -0.39 is 6.09 Å². The summed E-state index contributed by atoms with van der Waals surface area (Å²) >= 11 is 0. The zero-order valence-electron chi connectivity index (χ0n) is 8.05. The first-order valence-corrected chi connectivity index (χ1v) is 4.32. The Labute approximate surface area is 77.8 Å². The van der Waals surface area contributed by atoms with Crippen molar-refractivity contribution in [3.63, 3.8) is 0 Å². The second-order valence-corrected chi connectivity index (χ2v) is 2.44. The van der Waals surface area contributed by atoms with Crippen molar-refractivity contribution in [3.05, 3.63) is 0 Å². The molecule has 76 valence electrons. The highest BCUT2D eigenvalue weighted by molar-refractivity contribution is 5.75. The number of hydrogen-bond donors (Lipinski definition) is 2. The molecule has 0 aliphatic heterocycles. The van der Waals surface area contributed by atoms with E-state index in [1.165, 1.54) is 0 Å². The van der Waals surface area contributed by atoms with Gasteiger partial charge >= 0.3 is 6.09 Å². The minimum atomic E-state index is -0.431. The molecule has 0 aromatic heterocycles. The summed E-state index contributed by atoms with van der Waals surface area (Å²) in [5.74, 6) is -0.0421. The van der Waals surface area contributed by atoms with Crippen LogP contribution in [0.5, 0.6) is 0 Å². The lowest BCUT2D eigenvalue weighted by atomic mass is 10.3. The monoisotopic (exact) mass is 188 g/mol. The number of alkyl carbamates (subject to hydrolysis) is 1. The maximum atomic E-state index is 10.7. The standard InChI is InChI=1S/C8H16N2O3/c1-3-10-8(12)13-6-4-5-7(11)9-2/h3-6H2,1-2H3,(H,9,11)(H,10,12). The van der Waals surface area contributed by atoms with Gasteiger partial charge in [-0.2, -0.15) is 0 Å². The first-order valence-electron chi connectivity index (χ1n) is 4.32. The van der Waals surface area contributed by atoms with Crippen molar-refractivity contribution >= 4 is 12.0 Å². The van der Waals surface area contributed by atoms with E-state index >= 15 is 0 Å². The molecule has 0 aliphatic carbocycles. The Hall–Kier alpha value is -1.26. The van der Waals surface area contributed by atoms with Crippen LogP contribution in [0.1, 0.15) is 19.8 Å². The first kappa shape index (κ1) is 11.7. The van der Waals surface area contributed by atoms with Crippen LogP contribution in [0.15, 0.2) is 0 Å².